The zero-order valence-electron chi connectivity index (χ0n) is 16.2. The fourth-order valence-electron chi connectivity index (χ4n) is 2.43. The van der Waals surface area contributed by atoms with Crippen LogP contribution in [0.25, 0.3) is 0 Å². The van der Waals surface area contributed by atoms with Crippen molar-refractivity contribution in [3.8, 4) is 12.3 Å². The molecule has 1 unspecified atom stereocenters. The van der Waals surface area contributed by atoms with E-state index in [4.69, 9.17) is 11.2 Å². The molecule has 1 atom stereocenters. The predicted octanol–water partition coefficient (Wildman–Crippen LogP) is 5.98. The van der Waals surface area contributed by atoms with Gasteiger partial charge in [0.05, 0.1) is 11.5 Å². The van der Waals surface area contributed by atoms with Gasteiger partial charge in [-0.15, -0.1) is 6.42 Å². The van der Waals surface area contributed by atoms with E-state index in [0.717, 1.165) is 31.2 Å². The van der Waals surface area contributed by atoms with E-state index in [1.807, 2.05) is 6.92 Å². The van der Waals surface area contributed by atoms with Crippen LogP contribution in [0, 0.1) is 22.5 Å². The molecule has 0 aromatic heterocycles. The number of hydrogen-bond donors (Lipinski definition) is 0. The first-order valence-corrected chi connectivity index (χ1v) is 8.90. The van der Waals surface area contributed by atoms with E-state index < -0.39 is 10.5 Å². The highest BCUT2D eigenvalue weighted by molar-refractivity contribution is 5.32. The number of terminal acetylenes is 1. The average molecular weight is 355 g/mol. The lowest BCUT2D eigenvalue weighted by Gasteiger charge is -2.24. The third-order valence-corrected chi connectivity index (χ3v) is 4.22. The van der Waals surface area contributed by atoms with E-state index in [1.54, 1.807) is 12.1 Å². The molecule has 0 saturated heterocycles. The highest BCUT2D eigenvalue weighted by atomic mass is 16.6. The van der Waals surface area contributed by atoms with Crippen molar-refractivity contribution in [2.24, 2.45) is 0 Å². The average Bonchev–Trinajstić information content (AvgIpc) is 2.60. The van der Waals surface area contributed by atoms with Crippen molar-refractivity contribution in [3.63, 3.8) is 0 Å². The Balaban J connectivity index is 2.51. The van der Waals surface area contributed by atoms with Crippen LogP contribution in [-0.4, -0.2) is 10.5 Å². The maximum Gasteiger partial charge on any atom is 0.269 e. The van der Waals surface area contributed by atoms with Crippen LogP contribution in [0.5, 0.6) is 0 Å². The number of nitrogens with zero attached hydrogens (tertiary/aromatic N) is 1. The predicted molar refractivity (Wildman–Crippen MR) is 107 cm³/mol. The molecule has 4 heteroatoms. The van der Waals surface area contributed by atoms with Crippen LogP contribution in [0.2, 0.25) is 0 Å². The molecule has 0 bridgehead atoms. The van der Waals surface area contributed by atoms with E-state index >= 15 is 0 Å². The second-order valence-corrected chi connectivity index (χ2v) is 7.00. The Morgan fingerprint density at radius 2 is 1.88 bits per heavy atom. The Morgan fingerprint density at radius 1 is 1.23 bits per heavy atom. The van der Waals surface area contributed by atoms with E-state index in [1.165, 1.54) is 23.3 Å². The second kappa shape index (κ2) is 10.6. The lowest BCUT2D eigenvalue weighted by molar-refractivity contribution is -0.384. The molecule has 0 spiro atoms. The molecule has 0 N–H and O–H groups in total. The topological polar surface area (TPSA) is 52.4 Å². The van der Waals surface area contributed by atoms with Crippen molar-refractivity contribution in [1.29, 1.82) is 0 Å². The van der Waals surface area contributed by atoms with E-state index in [9.17, 15) is 10.1 Å². The van der Waals surface area contributed by atoms with E-state index in [2.05, 4.69) is 38.8 Å². The van der Waals surface area contributed by atoms with Crippen LogP contribution < -0.4 is 0 Å². The summed E-state index contributed by atoms with van der Waals surface area (Å²) in [7, 11) is 0. The standard InChI is InChI=1S/C22H29NO3/c1-6-22(5,16-8-11-19(4)10-7-9-18(2)3)26-17-20-12-14-21(15-13-20)23(24)25/h1,9,11-15H,7-8,10,16-17H2,2-5H3/b19-11+. The first-order chi connectivity index (χ1) is 12.3. The molecule has 1 aromatic carbocycles. The third-order valence-electron chi connectivity index (χ3n) is 4.22. The quantitative estimate of drug-likeness (QED) is 0.225. The minimum atomic E-state index is -0.654. The first-order valence-electron chi connectivity index (χ1n) is 8.90. The molecule has 1 rings (SSSR count). The molecule has 0 amide bonds. The van der Waals surface area contributed by atoms with Crippen LogP contribution in [0.1, 0.15) is 58.9 Å². The Labute approximate surface area is 157 Å². The van der Waals surface area contributed by atoms with Crippen LogP contribution in [0.15, 0.2) is 47.6 Å². The number of hydrogen-bond acceptors (Lipinski definition) is 3. The summed E-state index contributed by atoms with van der Waals surface area (Å²) in [6.45, 7) is 8.61. The molecule has 1 aromatic rings. The minimum absolute atomic E-state index is 0.0715. The molecule has 4 nitrogen and oxygen atoms in total. The van der Waals surface area contributed by atoms with Crippen molar-refractivity contribution in [2.75, 3.05) is 0 Å². The van der Waals surface area contributed by atoms with Gasteiger partial charge in [-0.2, -0.15) is 0 Å². The number of nitro benzene ring substituents is 1. The molecular weight excluding hydrogens is 326 g/mol. The van der Waals surface area contributed by atoms with Gasteiger partial charge in [0, 0.05) is 12.1 Å². The van der Waals surface area contributed by atoms with Crippen LogP contribution in [-0.2, 0) is 11.3 Å². The van der Waals surface area contributed by atoms with Gasteiger partial charge < -0.3 is 4.74 Å². The number of rotatable bonds is 10. The first kappa shape index (κ1) is 21.7. The number of allylic oxidation sites excluding steroid dienone is 4. The van der Waals surface area contributed by atoms with Gasteiger partial charge in [0.15, 0.2) is 0 Å². The Kier molecular flexibility index (Phi) is 8.81. The number of ether oxygens (including phenoxy) is 1. The minimum Gasteiger partial charge on any atom is -0.358 e. The second-order valence-electron chi connectivity index (χ2n) is 7.00. The Hall–Kier alpha value is -2.38. The van der Waals surface area contributed by atoms with Gasteiger partial charge in [-0.3, -0.25) is 10.1 Å². The fraction of sp³-hybridized carbons (Fsp3) is 0.455. The van der Waals surface area contributed by atoms with Gasteiger partial charge in [0.2, 0.25) is 0 Å². The molecule has 0 aliphatic rings. The van der Waals surface area contributed by atoms with Crippen molar-refractivity contribution < 1.29 is 9.66 Å². The van der Waals surface area contributed by atoms with Crippen LogP contribution in [0.4, 0.5) is 5.69 Å². The zero-order valence-corrected chi connectivity index (χ0v) is 16.2. The molecule has 0 aliphatic carbocycles. The Bertz CT molecular complexity index is 691. The third kappa shape index (κ3) is 8.13. The van der Waals surface area contributed by atoms with E-state index in [0.29, 0.717) is 6.61 Å². The molecule has 0 heterocycles. The maximum absolute atomic E-state index is 10.7. The summed E-state index contributed by atoms with van der Waals surface area (Å²) >= 11 is 0. The summed E-state index contributed by atoms with van der Waals surface area (Å²) in [6.07, 6.45) is 13.9. The van der Waals surface area contributed by atoms with Crippen molar-refractivity contribution in [3.05, 3.63) is 63.2 Å². The fourth-order valence-corrected chi connectivity index (χ4v) is 2.43. The normalized spacial score (nSPS) is 13.6. The van der Waals surface area contributed by atoms with E-state index in [-0.39, 0.29) is 5.69 Å². The summed E-state index contributed by atoms with van der Waals surface area (Å²) in [5.41, 5.74) is 2.99. The van der Waals surface area contributed by atoms with Gasteiger partial charge in [-0.25, -0.2) is 0 Å². The summed E-state index contributed by atoms with van der Waals surface area (Å²) in [5, 5.41) is 10.7. The summed E-state index contributed by atoms with van der Waals surface area (Å²) in [6, 6.07) is 6.35. The van der Waals surface area contributed by atoms with Gasteiger partial charge in [0.1, 0.15) is 5.60 Å². The van der Waals surface area contributed by atoms with Crippen LogP contribution in [0.3, 0.4) is 0 Å². The van der Waals surface area contributed by atoms with Gasteiger partial charge in [0.25, 0.3) is 5.69 Å². The highest BCUT2D eigenvalue weighted by Crippen LogP contribution is 2.21. The molecule has 140 valence electrons. The highest BCUT2D eigenvalue weighted by Gasteiger charge is 2.21. The molecule has 0 saturated carbocycles. The Morgan fingerprint density at radius 3 is 2.42 bits per heavy atom. The SMILES string of the molecule is C#CC(C)(CC/C=C(\C)CCC=C(C)C)OCc1ccc([N+](=O)[O-])cc1. The smallest absolute Gasteiger partial charge is 0.269 e. The summed E-state index contributed by atoms with van der Waals surface area (Å²) in [5.74, 6) is 2.74. The largest absolute Gasteiger partial charge is 0.358 e. The zero-order chi connectivity index (χ0) is 19.6. The van der Waals surface area contributed by atoms with Crippen molar-refractivity contribution in [1.82, 2.24) is 0 Å². The lowest BCUT2D eigenvalue weighted by Crippen LogP contribution is -2.26. The summed E-state index contributed by atoms with van der Waals surface area (Å²) < 4.78 is 5.91. The molecule has 26 heavy (non-hydrogen) atoms. The van der Waals surface area contributed by atoms with Gasteiger partial charge >= 0.3 is 0 Å². The number of nitro groups is 1. The van der Waals surface area contributed by atoms with Crippen LogP contribution >= 0.6 is 0 Å². The molecule has 0 aliphatic heterocycles. The van der Waals surface area contributed by atoms with Crippen molar-refractivity contribution >= 4 is 5.69 Å². The number of non-ortho nitro benzene ring substituents is 1. The number of benzene rings is 1. The van der Waals surface area contributed by atoms with Gasteiger partial charge in [-0.1, -0.05) is 29.2 Å². The van der Waals surface area contributed by atoms with Gasteiger partial charge in [-0.05, 0) is 71.1 Å². The lowest BCUT2D eigenvalue weighted by atomic mass is 9.99. The molecule has 0 radical (unpaired) electrons. The molecule has 0 fully saturated rings. The van der Waals surface area contributed by atoms with Crippen molar-refractivity contribution in [2.45, 2.75) is 65.6 Å². The maximum atomic E-state index is 10.7. The monoisotopic (exact) mass is 355 g/mol. The summed E-state index contributed by atoms with van der Waals surface area (Å²) in [4.78, 5) is 10.3. The molecular formula is C22H29NO3.